The smallest absolute Gasteiger partial charge is 0.149 e. The standard InChI is InChI=1S/C8H15NO/c1-3-8(7(2)10)5-4-6-9-8/h9H,3-6H2,1-2H3/t8-/m0/s1. The first-order chi connectivity index (χ1) is 4.71. The third-order valence-corrected chi connectivity index (χ3v) is 2.52. The molecule has 0 unspecified atom stereocenters. The summed E-state index contributed by atoms with van der Waals surface area (Å²) in [6.45, 7) is 4.76. The Kier molecular flexibility index (Phi) is 2.09. The number of hydrogen-bond acceptors (Lipinski definition) is 2. The van der Waals surface area contributed by atoms with Gasteiger partial charge in [0.1, 0.15) is 5.78 Å². The van der Waals surface area contributed by atoms with E-state index in [2.05, 4.69) is 12.2 Å². The van der Waals surface area contributed by atoms with Gasteiger partial charge in [-0.05, 0) is 32.7 Å². The SMILES string of the molecule is CC[C@@]1(C(C)=O)CCCN1. The summed E-state index contributed by atoms with van der Waals surface area (Å²) >= 11 is 0. The van der Waals surface area contributed by atoms with Gasteiger partial charge in [0, 0.05) is 0 Å². The van der Waals surface area contributed by atoms with E-state index in [4.69, 9.17) is 0 Å². The Morgan fingerprint density at radius 3 is 2.60 bits per heavy atom. The van der Waals surface area contributed by atoms with E-state index in [1.54, 1.807) is 6.92 Å². The predicted octanol–water partition coefficient (Wildman–Crippen LogP) is 1.11. The molecule has 0 spiro atoms. The van der Waals surface area contributed by atoms with Gasteiger partial charge in [0.05, 0.1) is 5.54 Å². The third-order valence-electron chi connectivity index (χ3n) is 2.52. The highest BCUT2D eigenvalue weighted by Crippen LogP contribution is 2.23. The van der Waals surface area contributed by atoms with Crippen LogP contribution in [0.1, 0.15) is 33.1 Å². The van der Waals surface area contributed by atoms with Crippen LogP contribution in [0.2, 0.25) is 0 Å². The number of carbonyl (C=O) groups excluding carboxylic acids is 1. The van der Waals surface area contributed by atoms with Gasteiger partial charge in [0.2, 0.25) is 0 Å². The normalized spacial score (nSPS) is 32.6. The van der Waals surface area contributed by atoms with Crippen molar-refractivity contribution < 1.29 is 4.79 Å². The third kappa shape index (κ3) is 1.08. The van der Waals surface area contributed by atoms with Crippen molar-refractivity contribution in [2.75, 3.05) is 6.54 Å². The Labute approximate surface area is 62.0 Å². The number of hydrogen-bond donors (Lipinski definition) is 1. The van der Waals surface area contributed by atoms with Crippen LogP contribution in [0, 0.1) is 0 Å². The van der Waals surface area contributed by atoms with Crippen LogP contribution >= 0.6 is 0 Å². The summed E-state index contributed by atoms with van der Waals surface area (Å²) in [5.41, 5.74) is -0.153. The molecule has 0 bridgehead atoms. The lowest BCUT2D eigenvalue weighted by Gasteiger charge is -2.24. The fourth-order valence-electron chi connectivity index (χ4n) is 1.66. The molecule has 0 aliphatic carbocycles. The first-order valence-corrected chi connectivity index (χ1v) is 3.97. The van der Waals surface area contributed by atoms with Crippen molar-refractivity contribution in [2.45, 2.75) is 38.6 Å². The molecule has 0 aromatic carbocycles. The summed E-state index contributed by atoms with van der Waals surface area (Å²) in [5, 5.41) is 3.27. The maximum Gasteiger partial charge on any atom is 0.149 e. The molecule has 1 aliphatic rings. The summed E-state index contributed by atoms with van der Waals surface area (Å²) in [6.07, 6.45) is 3.11. The largest absolute Gasteiger partial charge is 0.305 e. The molecule has 1 fully saturated rings. The Bertz CT molecular complexity index is 136. The van der Waals surface area contributed by atoms with Crippen LogP contribution in [0.3, 0.4) is 0 Å². The molecule has 1 N–H and O–H groups in total. The molecule has 1 saturated heterocycles. The number of nitrogens with one attached hydrogen (secondary N) is 1. The van der Waals surface area contributed by atoms with E-state index in [-0.39, 0.29) is 5.54 Å². The quantitative estimate of drug-likeness (QED) is 0.624. The first kappa shape index (κ1) is 7.73. The fraction of sp³-hybridized carbons (Fsp3) is 0.875. The second-order valence-electron chi connectivity index (χ2n) is 3.02. The van der Waals surface area contributed by atoms with Gasteiger partial charge < -0.3 is 5.32 Å². The summed E-state index contributed by atoms with van der Waals surface area (Å²) in [4.78, 5) is 11.1. The van der Waals surface area contributed by atoms with E-state index in [0.717, 1.165) is 25.8 Å². The molecule has 0 aromatic rings. The molecule has 2 nitrogen and oxygen atoms in total. The molecule has 1 aliphatic heterocycles. The van der Waals surface area contributed by atoms with Crippen LogP contribution in [0.15, 0.2) is 0 Å². The van der Waals surface area contributed by atoms with Crippen molar-refractivity contribution in [3.8, 4) is 0 Å². The van der Waals surface area contributed by atoms with Crippen molar-refractivity contribution in [3.05, 3.63) is 0 Å². The molecule has 10 heavy (non-hydrogen) atoms. The summed E-state index contributed by atoms with van der Waals surface area (Å²) < 4.78 is 0. The molecule has 1 heterocycles. The monoisotopic (exact) mass is 141 g/mol. The number of Topliss-reactive ketones (excluding diaryl/α,β-unsaturated/α-hetero) is 1. The van der Waals surface area contributed by atoms with Crippen molar-refractivity contribution in [3.63, 3.8) is 0 Å². The van der Waals surface area contributed by atoms with Crippen LogP contribution in [0.5, 0.6) is 0 Å². The van der Waals surface area contributed by atoms with Gasteiger partial charge in [-0.2, -0.15) is 0 Å². The topological polar surface area (TPSA) is 29.1 Å². The summed E-state index contributed by atoms with van der Waals surface area (Å²) in [7, 11) is 0. The first-order valence-electron chi connectivity index (χ1n) is 3.97. The highest BCUT2D eigenvalue weighted by atomic mass is 16.1. The number of ketones is 1. The zero-order chi connectivity index (χ0) is 7.61. The maximum atomic E-state index is 11.1. The van der Waals surface area contributed by atoms with Gasteiger partial charge in [0.15, 0.2) is 0 Å². The maximum absolute atomic E-state index is 11.1. The lowest BCUT2D eigenvalue weighted by Crippen LogP contribution is -2.45. The van der Waals surface area contributed by atoms with Crippen molar-refractivity contribution in [2.24, 2.45) is 0 Å². The molecule has 58 valence electrons. The van der Waals surface area contributed by atoms with Gasteiger partial charge in [0.25, 0.3) is 0 Å². The van der Waals surface area contributed by atoms with Gasteiger partial charge >= 0.3 is 0 Å². The lowest BCUT2D eigenvalue weighted by atomic mass is 9.90. The second kappa shape index (κ2) is 2.70. The van der Waals surface area contributed by atoms with Gasteiger partial charge in [-0.15, -0.1) is 0 Å². The van der Waals surface area contributed by atoms with Gasteiger partial charge in [-0.25, -0.2) is 0 Å². The minimum Gasteiger partial charge on any atom is -0.305 e. The molecule has 0 radical (unpaired) electrons. The Morgan fingerprint density at radius 2 is 2.40 bits per heavy atom. The minimum absolute atomic E-state index is 0.153. The lowest BCUT2D eigenvalue weighted by molar-refractivity contribution is -0.122. The Balaban J connectivity index is 2.67. The van der Waals surface area contributed by atoms with E-state index in [1.807, 2.05) is 0 Å². The van der Waals surface area contributed by atoms with Gasteiger partial charge in [-0.3, -0.25) is 4.79 Å². The van der Waals surface area contributed by atoms with E-state index >= 15 is 0 Å². The van der Waals surface area contributed by atoms with Crippen molar-refractivity contribution in [1.82, 2.24) is 5.32 Å². The Hall–Kier alpha value is -0.370. The average molecular weight is 141 g/mol. The van der Waals surface area contributed by atoms with Crippen LogP contribution in [-0.2, 0) is 4.79 Å². The van der Waals surface area contributed by atoms with Crippen LogP contribution in [0.25, 0.3) is 0 Å². The fourth-order valence-corrected chi connectivity index (χ4v) is 1.66. The van der Waals surface area contributed by atoms with E-state index in [0.29, 0.717) is 5.78 Å². The molecule has 1 atom stereocenters. The number of rotatable bonds is 2. The number of carbonyl (C=O) groups is 1. The molecule has 1 rings (SSSR count). The second-order valence-corrected chi connectivity index (χ2v) is 3.02. The Morgan fingerprint density at radius 1 is 1.70 bits per heavy atom. The highest BCUT2D eigenvalue weighted by Gasteiger charge is 2.35. The zero-order valence-corrected chi connectivity index (χ0v) is 6.74. The molecule has 2 heteroatoms. The van der Waals surface area contributed by atoms with Gasteiger partial charge in [-0.1, -0.05) is 6.92 Å². The van der Waals surface area contributed by atoms with Crippen molar-refractivity contribution >= 4 is 5.78 Å². The zero-order valence-electron chi connectivity index (χ0n) is 6.74. The predicted molar refractivity (Wildman–Crippen MR) is 40.9 cm³/mol. The molecular weight excluding hydrogens is 126 g/mol. The summed E-state index contributed by atoms with van der Waals surface area (Å²) in [6, 6.07) is 0. The van der Waals surface area contributed by atoms with E-state index in [1.165, 1.54) is 0 Å². The molecule has 0 saturated carbocycles. The van der Waals surface area contributed by atoms with E-state index in [9.17, 15) is 4.79 Å². The summed E-state index contributed by atoms with van der Waals surface area (Å²) in [5.74, 6) is 0.299. The molecule has 0 aromatic heterocycles. The highest BCUT2D eigenvalue weighted by molar-refractivity contribution is 5.86. The van der Waals surface area contributed by atoms with Crippen molar-refractivity contribution in [1.29, 1.82) is 0 Å². The molecule has 0 amide bonds. The molecular formula is C8H15NO. The van der Waals surface area contributed by atoms with Crippen LogP contribution < -0.4 is 5.32 Å². The minimum atomic E-state index is -0.153. The van der Waals surface area contributed by atoms with E-state index < -0.39 is 0 Å². The van der Waals surface area contributed by atoms with Crippen LogP contribution in [0.4, 0.5) is 0 Å². The van der Waals surface area contributed by atoms with Crippen LogP contribution in [-0.4, -0.2) is 17.9 Å². The average Bonchev–Trinajstić information content (AvgIpc) is 2.35.